The molecule has 5 nitrogen and oxygen atoms in total. The number of aryl methyl sites for hydroxylation is 2. The van der Waals surface area contributed by atoms with Gasteiger partial charge in [-0.25, -0.2) is 0 Å². The molecule has 1 aromatic rings. The zero-order valence-corrected chi connectivity index (χ0v) is 11.3. The molecular weight excluding hydrogens is 226 g/mol. The minimum Gasteiger partial charge on any atom is -0.355 e. The first-order chi connectivity index (χ1) is 8.60. The molecule has 0 aliphatic heterocycles. The zero-order valence-electron chi connectivity index (χ0n) is 11.3. The van der Waals surface area contributed by atoms with E-state index in [0.29, 0.717) is 24.1 Å². The molecule has 1 aliphatic carbocycles. The molecular formula is C13H21N5. The Morgan fingerprint density at radius 1 is 1.56 bits per heavy atom. The van der Waals surface area contributed by atoms with Crippen molar-refractivity contribution in [3.8, 4) is 6.07 Å². The number of hydrogen-bond donors (Lipinski definition) is 1. The SMILES string of the molecule is Cc1nn(C)c(N(C)C2CCCC2CN)c1C#N. The number of nitrogens with zero attached hydrogens (tertiary/aromatic N) is 4. The van der Waals surface area contributed by atoms with Crippen molar-refractivity contribution in [1.82, 2.24) is 9.78 Å². The van der Waals surface area contributed by atoms with Crippen molar-refractivity contribution in [3.05, 3.63) is 11.3 Å². The van der Waals surface area contributed by atoms with Crippen LogP contribution in [0.3, 0.4) is 0 Å². The lowest BCUT2D eigenvalue weighted by Crippen LogP contribution is -2.39. The molecule has 18 heavy (non-hydrogen) atoms. The Balaban J connectivity index is 2.34. The first-order valence-corrected chi connectivity index (χ1v) is 6.46. The molecule has 0 aromatic carbocycles. The van der Waals surface area contributed by atoms with Crippen LogP contribution < -0.4 is 10.6 Å². The number of nitrogens with two attached hydrogens (primary N) is 1. The highest BCUT2D eigenvalue weighted by Gasteiger charge is 2.32. The molecule has 2 rings (SSSR count). The molecule has 98 valence electrons. The summed E-state index contributed by atoms with van der Waals surface area (Å²) in [7, 11) is 3.95. The largest absolute Gasteiger partial charge is 0.355 e. The summed E-state index contributed by atoms with van der Waals surface area (Å²) in [6.45, 7) is 2.60. The number of hydrogen-bond acceptors (Lipinski definition) is 4. The van der Waals surface area contributed by atoms with Crippen LogP contribution in [0.25, 0.3) is 0 Å². The maximum Gasteiger partial charge on any atom is 0.144 e. The van der Waals surface area contributed by atoms with Gasteiger partial charge in [0.05, 0.1) is 5.69 Å². The average molecular weight is 247 g/mol. The monoisotopic (exact) mass is 247 g/mol. The molecule has 2 unspecified atom stereocenters. The van der Waals surface area contributed by atoms with Crippen molar-refractivity contribution in [2.24, 2.45) is 18.7 Å². The fraction of sp³-hybridized carbons (Fsp3) is 0.692. The Morgan fingerprint density at radius 3 is 2.89 bits per heavy atom. The fourth-order valence-electron chi connectivity index (χ4n) is 3.14. The summed E-state index contributed by atoms with van der Waals surface area (Å²) in [5, 5.41) is 13.6. The first kappa shape index (κ1) is 12.9. The maximum atomic E-state index is 9.27. The quantitative estimate of drug-likeness (QED) is 0.870. The lowest BCUT2D eigenvalue weighted by atomic mass is 10.0. The van der Waals surface area contributed by atoms with Gasteiger partial charge >= 0.3 is 0 Å². The topological polar surface area (TPSA) is 70.9 Å². The summed E-state index contributed by atoms with van der Waals surface area (Å²) < 4.78 is 1.81. The minimum absolute atomic E-state index is 0.428. The van der Waals surface area contributed by atoms with Crippen molar-refractivity contribution in [2.45, 2.75) is 32.2 Å². The fourth-order valence-corrected chi connectivity index (χ4v) is 3.14. The maximum absolute atomic E-state index is 9.27. The third kappa shape index (κ3) is 1.97. The van der Waals surface area contributed by atoms with Crippen molar-refractivity contribution in [3.63, 3.8) is 0 Å². The third-order valence-electron chi connectivity index (χ3n) is 4.06. The summed E-state index contributed by atoms with van der Waals surface area (Å²) in [4.78, 5) is 2.20. The van der Waals surface area contributed by atoms with Crippen LogP contribution in [0.15, 0.2) is 0 Å². The highest BCUT2D eigenvalue weighted by molar-refractivity contribution is 5.57. The van der Waals surface area contributed by atoms with Crippen LogP contribution in [0.4, 0.5) is 5.82 Å². The van der Waals surface area contributed by atoms with Crippen LogP contribution in [0.1, 0.15) is 30.5 Å². The summed E-state index contributed by atoms with van der Waals surface area (Å²) in [6.07, 6.45) is 3.55. The van der Waals surface area contributed by atoms with Crippen LogP contribution in [-0.4, -0.2) is 29.4 Å². The van der Waals surface area contributed by atoms with Crippen LogP contribution in [0, 0.1) is 24.2 Å². The Labute approximate surface area is 108 Å². The number of anilines is 1. The van der Waals surface area contributed by atoms with E-state index < -0.39 is 0 Å². The smallest absolute Gasteiger partial charge is 0.144 e. The average Bonchev–Trinajstić information content (AvgIpc) is 2.92. The van der Waals surface area contributed by atoms with Crippen molar-refractivity contribution >= 4 is 5.82 Å². The Bertz CT molecular complexity index is 470. The van der Waals surface area contributed by atoms with Crippen LogP contribution >= 0.6 is 0 Å². The minimum atomic E-state index is 0.428. The number of aromatic nitrogens is 2. The molecule has 1 saturated carbocycles. The van der Waals surface area contributed by atoms with Crippen LogP contribution in [0.5, 0.6) is 0 Å². The van der Waals surface area contributed by atoms with Crippen LogP contribution in [0.2, 0.25) is 0 Å². The summed E-state index contributed by atoms with van der Waals surface area (Å²) in [5.74, 6) is 1.44. The molecule has 2 atom stereocenters. The molecule has 0 radical (unpaired) electrons. The Morgan fingerprint density at radius 2 is 2.28 bits per heavy atom. The van der Waals surface area contributed by atoms with E-state index in [0.717, 1.165) is 17.9 Å². The summed E-state index contributed by atoms with van der Waals surface area (Å²) in [5.41, 5.74) is 7.32. The Kier molecular flexibility index (Phi) is 3.58. The third-order valence-corrected chi connectivity index (χ3v) is 4.06. The molecule has 1 aliphatic rings. The van der Waals surface area contributed by atoms with Gasteiger partial charge in [0.2, 0.25) is 0 Å². The molecule has 0 spiro atoms. The van der Waals surface area contributed by atoms with Gasteiger partial charge in [0.1, 0.15) is 17.5 Å². The number of nitriles is 1. The van der Waals surface area contributed by atoms with Crippen molar-refractivity contribution in [1.29, 1.82) is 5.26 Å². The zero-order chi connectivity index (χ0) is 13.3. The highest BCUT2D eigenvalue weighted by atomic mass is 15.4. The predicted molar refractivity (Wildman–Crippen MR) is 71.2 cm³/mol. The normalized spacial score (nSPS) is 23.1. The lowest BCUT2D eigenvalue weighted by Gasteiger charge is -2.31. The van der Waals surface area contributed by atoms with E-state index in [1.54, 1.807) is 4.68 Å². The molecule has 0 amide bonds. The van der Waals surface area contributed by atoms with E-state index >= 15 is 0 Å². The van der Waals surface area contributed by atoms with Crippen molar-refractivity contribution < 1.29 is 0 Å². The van der Waals surface area contributed by atoms with Gasteiger partial charge in [0.15, 0.2) is 0 Å². The summed E-state index contributed by atoms with van der Waals surface area (Å²) in [6, 6.07) is 2.69. The second kappa shape index (κ2) is 4.99. The summed E-state index contributed by atoms with van der Waals surface area (Å²) >= 11 is 0. The molecule has 0 bridgehead atoms. The molecule has 1 heterocycles. The van der Waals surface area contributed by atoms with Gasteiger partial charge in [-0.2, -0.15) is 10.4 Å². The van der Waals surface area contributed by atoms with Gasteiger partial charge in [-0.05, 0) is 32.2 Å². The van der Waals surface area contributed by atoms with E-state index in [2.05, 4.69) is 23.1 Å². The van der Waals surface area contributed by atoms with Gasteiger partial charge in [-0.3, -0.25) is 4.68 Å². The molecule has 2 N–H and O–H groups in total. The highest BCUT2D eigenvalue weighted by Crippen LogP contribution is 2.33. The Hall–Kier alpha value is -1.54. The first-order valence-electron chi connectivity index (χ1n) is 6.46. The van der Waals surface area contributed by atoms with Gasteiger partial charge in [-0.1, -0.05) is 6.42 Å². The molecule has 5 heteroatoms. The molecule has 1 aromatic heterocycles. The van der Waals surface area contributed by atoms with E-state index in [4.69, 9.17) is 5.73 Å². The van der Waals surface area contributed by atoms with Gasteiger partial charge in [-0.15, -0.1) is 0 Å². The van der Waals surface area contributed by atoms with Gasteiger partial charge in [0, 0.05) is 20.1 Å². The van der Waals surface area contributed by atoms with E-state index in [1.165, 1.54) is 12.8 Å². The predicted octanol–water partition coefficient (Wildman–Crippen LogP) is 1.16. The van der Waals surface area contributed by atoms with Crippen LogP contribution in [-0.2, 0) is 7.05 Å². The van der Waals surface area contributed by atoms with Gasteiger partial charge < -0.3 is 10.6 Å². The van der Waals surface area contributed by atoms with E-state index in [1.807, 2.05) is 14.0 Å². The molecule has 0 saturated heterocycles. The van der Waals surface area contributed by atoms with E-state index in [9.17, 15) is 5.26 Å². The molecule has 1 fully saturated rings. The second-order valence-corrected chi connectivity index (χ2v) is 5.12. The second-order valence-electron chi connectivity index (χ2n) is 5.12. The van der Waals surface area contributed by atoms with Gasteiger partial charge in [0.25, 0.3) is 0 Å². The van der Waals surface area contributed by atoms with E-state index in [-0.39, 0.29) is 0 Å². The van der Waals surface area contributed by atoms with Crippen molar-refractivity contribution in [2.75, 3.05) is 18.5 Å². The standard InChI is InChI=1S/C13H21N5/c1-9-11(8-15)13(18(3)16-9)17(2)12-6-4-5-10(12)7-14/h10,12H,4-7,14H2,1-3H3. The lowest BCUT2D eigenvalue weighted by molar-refractivity contribution is 0.467. The number of rotatable bonds is 3.